The molecule has 0 aliphatic rings. The van der Waals surface area contributed by atoms with Crippen molar-refractivity contribution in [2.45, 2.75) is 10.1 Å². The maximum Gasteiger partial charge on any atom is 0.264 e. The normalized spacial score (nSPS) is 11.0. The van der Waals surface area contributed by atoms with E-state index < -0.39 is 0 Å². The largest absolute Gasteiger partial charge is 0.334 e. The number of anilines is 2. The van der Waals surface area contributed by atoms with Gasteiger partial charge >= 0.3 is 0 Å². The van der Waals surface area contributed by atoms with Crippen LogP contribution in [0.5, 0.6) is 0 Å². The average molecular weight is 492 g/mol. The van der Waals surface area contributed by atoms with Crippen LogP contribution in [0.25, 0.3) is 0 Å². The predicted molar refractivity (Wildman–Crippen MR) is 123 cm³/mol. The minimum absolute atomic E-state index is 0.151. The Labute approximate surface area is 184 Å². The highest BCUT2D eigenvalue weighted by Gasteiger charge is 2.13. The second-order valence-corrected chi connectivity index (χ2v) is 8.34. The third-order valence-corrected chi connectivity index (χ3v) is 5.84. The number of amides is 1. The maximum absolute atomic E-state index is 12.2. The van der Waals surface area contributed by atoms with Gasteiger partial charge in [0, 0.05) is 9.37 Å². The van der Waals surface area contributed by atoms with Crippen molar-refractivity contribution in [3.8, 4) is 0 Å². The zero-order valence-corrected chi connectivity index (χ0v) is 18.6. The van der Waals surface area contributed by atoms with Crippen LogP contribution in [-0.2, 0) is 4.79 Å². The first-order chi connectivity index (χ1) is 14.1. The fraction of sp³-hybridized carbons (Fsp3) is 0.111. The number of nitrogens with zero attached hydrogens (tertiary/aromatic N) is 4. The number of nitrogens with one attached hydrogen (secondary N) is 2. The summed E-state index contributed by atoms with van der Waals surface area (Å²) in [7, 11) is 0. The van der Waals surface area contributed by atoms with Crippen LogP contribution in [0, 0.1) is 0 Å². The monoisotopic (exact) mass is 491 g/mol. The number of hydrazone groups is 1. The first kappa shape index (κ1) is 21.2. The molecular weight excluding hydrogens is 474 g/mol. The van der Waals surface area contributed by atoms with Crippen molar-refractivity contribution in [2.75, 3.05) is 28.6 Å². The summed E-state index contributed by atoms with van der Waals surface area (Å²) in [4.78, 5) is 13.2. The van der Waals surface area contributed by atoms with Gasteiger partial charge in [0.25, 0.3) is 5.95 Å². The first-order valence-electron chi connectivity index (χ1n) is 8.37. The van der Waals surface area contributed by atoms with E-state index in [1.807, 2.05) is 54.8 Å². The molecule has 0 saturated carbocycles. The quantitative estimate of drug-likeness (QED) is 0.191. The van der Waals surface area contributed by atoms with E-state index in [0.717, 1.165) is 20.6 Å². The van der Waals surface area contributed by atoms with E-state index in [0.29, 0.717) is 5.16 Å². The van der Waals surface area contributed by atoms with E-state index in [-0.39, 0.29) is 17.6 Å². The molecule has 8 nitrogen and oxygen atoms in total. The van der Waals surface area contributed by atoms with Crippen molar-refractivity contribution in [3.05, 3.63) is 58.6 Å². The van der Waals surface area contributed by atoms with Gasteiger partial charge in [0.05, 0.1) is 17.7 Å². The Balaban J connectivity index is 1.54. The second-order valence-electron chi connectivity index (χ2n) is 5.64. The topological polar surface area (TPSA) is 110 Å². The Morgan fingerprint density at radius 2 is 2.10 bits per heavy atom. The van der Waals surface area contributed by atoms with E-state index in [1.165, 1.54) is 16.4 Å². The number of carbonyl (C=O) groups excluding carboxylic acids is 1. The van der Waals surface area contributed by atoms with Crippen molar-refractivity contribution >= 4 is 63.2 Å². The Kier molecular flexibility index (Phi) is 7.55. The zero-order valence-electron chi connectivity index (χ0n) is 15.4. The van der Waals surface area contributed by atoms with E-state index in [9.17, 15) is 4.79 Å². The van der Waals surface area contributed by atoms with Crippen LogP contribution in [-0.4, -0.2) is 39.0 Å². The molecule has 1 heterocycles. The minimum Gasteiger partial charge on any atom is -0.334 e. The van der Waals surface area contributed by atoms with Gasteiger partial charge in [-0.25, -0.2) is 10.1 Å². The molecule has 0 atom stereocenters. The standard InChI is InChI=1S/C18H18BrN7OS2/c1-28-15-8-3-2-7-14(15)22-16(27)11-29-18-25-24-17(26(18)20)23-21-10-12-5-4-6-13(19)9-12/h2-10H,11,20H2,1H3,(H,22,27)(H,23,24)/b21-10+. The fourth-order valence-electron chi connectivity index (χ4n) is 2.27. The lowest BCUT2D eigenvalue weighted by atomic mass is 10.2. The molecule has 0 bridgehead atoms. The highest BCUT2D eigenvalue weighted by atomic mass is 79.9. The van der Waals surface area contributed by atoms with Gasteiger partial charge in [-0.1, -0.05) is 52.0 Å². The van der Waals surface area contributed by atoms with Crippen LogP contribution in [0.1, 0.15) is 5.56 Å². The van der Waals surface area contributed by atoms with Crippen molar-refractivity contribution < 1.29 is 4.79 Å². The number of nitrogens with two attached hydrogens (primary N) is 1. The van der Waals surface area contributed by atoms with E-state index in [2.05, 4.69) is 42.0 Å². The summed E-state index contributed by atoms with van der Waals surface area (Å²) in [6.07, 6.45) is 3.60. The Hall–Kier alpha value is -2.50. The van der Waals surface area contributed by atoms with Gasteiger partial charge < -0.3 is 11.2 Å². The smallest absolute Gasteiger partial charge is 0.264 e. The first-order valence-corrected chi connectivity index (χ1v) is 11.4. The van der Waals surface area contributed by atoms with E-state index in [1.54, 1.807) is 18.0 Å². The summed E-state index contributed by atoms with van der Waals surface area (Å²) in [5, 5.41) is 15.3. The summed E-state index contributed by atoms with van der Waals surface area (Å²) in [5.41, 5.74) is 4.44. The molecule has 1 amide bonds. The van der Waals surface area contributed by atoms with Crippen LogP contribution in [0.4, 0.5) is 11.6 Å². The molecule has 4 N–H and O–H groups in total. The number of hydrogen-bond donors (Lipinski definition) is 3. The summed E-state index contributed by atoms with van der Waals surface area (Å²) in [6, 6.07) is 15.3. The lowest BCUT2D eigenvalue weighted by Gasteiger charge is -2.08. The molecule has 0 saturated heterocycles. The average Bonchev–Trinajstić information content (AvgIpc) is 3.06. The van der Waals surface area contributed by atoms with Gasteiger partial charge in [-0.3, -0.25) is 4.79 Å². The number of benzene rings is 2. The van der Waals surface area contributed by atoms with Crippen molar-refractivity contribution in [1.82, 2.24) is 14.9 Å². The number of rotatable bonds is 8. The van der Waals surface area contributed by atoms with Crippen molar-refractivity contribution in [2.24, 2.45) is 5.10 Å². The third-order valence-electron chi connectivity index (χ3n) is 3.60. The summed E-state index contributed by atoms with van der Waals surface area (Å²) in [5.74, 6) is 6.25. The molecule has 0 aliphatic carbocycles. The number of para-hydroxylation sites is 1. The van der Waals surface area contributed by atoms with Crippen LogP contribution in [0.3, 0.4) is 0 Å². The fourth-order valence-corrected chi connectivity index (χ4v) is 3.89. The predicted octanol–water partition coefficient (Wildman–Crippen LogP) is 3.65. The Morgan fingerprint density at radius 1 is 1.28 bits per heavy atom. The molecule has 2 aromatic carbocycles. The van der Waals surface area contributed by atoms with Gasteiger partial charge in [-0.15, -0.1) is 22.0 Å². The van der Waals surface area contributed by atoms with Gasteiger partial charge in [0.2, 0.25) is 11.1 Å². The molecule has 3 aromatic rings. The molecular formula is C18H18BrN7OS2. The van der Waals surface area contributed by atoms with E-state index in [4.69, 9.17) is 5.84 Å². The number of hydrogen-bond acceptors (Lipinski definition) is 8. The molecule has 0 radical (unpaired) electrons. The Bertz CT molecular complexity index is 1020. The number of thioether (sulfide) groups is 2. The van der Waals surface area contributed by atoms with Crippen molar-refractivity contribution in [3.63, 3.8) is 0 Å². The molecule has 0 aliphatic heterocycles. The van der Waals surface area contributed by atoms with Gasteiger partial charge in [0.1, 0.15) is 0 Å². The Morgan fingerprint density at radius 3 is 2.90 bits per heavy atom. The molecule has 29 heavy (non-hydrogen) atoms. The molecule has 0 unspecified atom stereocenters. The second kappa shape index (κ2) is 10.3. The molecule has 150 valence electrons. The lowest BCUT2D eigenvalue weighted by Crippen LogP contribution is -2.17. The number of halogens is 1. The summed E-state index contributed by atoms with van der Waals surface area (Å²) >= 11 is 6.17. The van der Waals surface area contributed by atoms with Crippen LogP contribution >= 0.6 is 39.5 Å². The summed E-state index contributed by atoms with van der Waals surface area (Å²) in [6.45, 7) is 0. The van der Waals surface area contributed by atoms with Gasteiger partial charge in [0.15, 0.2) is 0 Å². The van der Waals surface area contributed by atoms with Crippen molar-refractivity contribution in [1.29, 1.82) is 0 Å². The highest BCUT2D eigenvalue weighted by Crippen LogP contribution is 2.25. The molecule has 3 rings (SSSR count). The van der Waals surface area contributed by atoms with Crippen LogP contribution < -0.4 is 16.6 Å². The number of nitrogen functional groups attached to an aromatic ring is 1. The summed E-state index contributed by atoms with van der Waals surface area (Å²) < 4.78 is 2.21. The molecule has 1 aromatic heterocycles. The zero-order chi connectivity index (χ0) is 20.6. The lowest BCUT2D eigenvalue weighted by molar-refractivity contribution is -0.113. The molecule has 0 fully saturated rings. The number of carbonyl (C=O) groups is 1. The van der Waals surface area contributed by atoms with Crippen LogP contribution in [0.2, 0.25) is 0 Å². The highest BCUT2D eigenvalue weighted by molar-refractivity contribution is 9.10. The van der Waals surface area contributed by atoms with E-state index >= 15 is 0 Å². The molecule has 0 spiro atoms. The van der Waals surface area contributed by atoms with Gasteiger partial charge in [-0.2, -0.15) is 5.10 Å². The molecule has 11 heteroatoms. The third kappa shape index (κ3) is 5.99. The SMILES string of the molecule is CSc1ccccc1NC(=O)CSc1nnc(N/N=C/c2cccc(Br)c2)n1N. The van der Waals surface area contributed by atoms with Crippen LogP contribution in [0.15, 0.2) is 68.2 Å². The minimum atomic E-state index is -0.151. The van der Waals surface area contributed by atoms with Gasteiger partial charge in [-0.05, 0) is 36.1 Å². The number of aromatic nitrogens is 3. The maximum atomic E-state index is 12.2.